The molecule has 7 heteroatoms. The van der Waals surface area contributed by atoms with E-state index in [4.69, 9.17) is 0 Å². The minimum atomic E-state index is -0.309. The number of hydrogen-bond donors (Lipinski definition) is 1. The molecule has 2 aromatic rings. The Morgan fingerprint density at radius 1 is 1.12 bits per heavy atom. The van der Waals surface area contributed by atoms with Crippen LogP contribution in [0.5, 0.6) is 5.75 Å². The van der Waals surface area contributed by atoms with E-state index >= 15 is 0 Å². The summed E-state index contributed by atoms with van der Waals surface area (Å²) in [7, 11) is 0. The minimum absolute atomic E-state index is 0.0876. The van der Waals surface area contributed by atoms with E-state index in [1.54, 1.807) is 18.2 Å². The normalized spacial score (nSPS) is 16.1. The number of carbonyl (C=O) groups excluding carboxylic acids is 2. The van der Waals surface area contributed by atoms with E-state index < -0.39 is 0 Å². The van der Waals surface area contributed by atoms with Gasteiger partial charge in [0.15, 0.2) is 0 Å². The van der Waals surface area contributed by atoms with E-state index in [9.17, 15) is 14.7 Å². The third-order valence-corrected chi connectivity index (χ3v) is 5.79. The maximum atomic E-state index is 12.6. The van der Waals surface area contributed by atoms with Gasteiger partial charge in [0.2, 0.25) is 0 Å². The van der Waals surface area contributed by atoms with Crippen molar-refractivity contribution in [1.29, 1.82) is 0 Å². The van der Waals surface area contributed by atoms with Gasteiger partial charge in [-0.05, 0) is 79.9 Å². The van der Waals surface area contributed by atoms with Crippen LogP contribution in [0.15, 0.2) is 50.2 Å². The van der Waals surface area contributed by atoms with Gasteiger partial charge in [0.05, 0.1) is 20.4 Å². The first-order valence-corrected chi connectivity index (χ1v) is 9.74. The van der Waals surface area contributed by atoms with Crippen LogP contribution in [0.1, 0.15) is 16.7 Å². The molecule has 4 nitrogen and oxygen atoms in total. The highest BCUT2D eigenvalue weighted by atomic mass is 79.9. The number of nitrogens with zero attached hydrogens (tertiary/aromatic N) is 1. The third kappa shape index (κ3) is 3.99. The van der Waals surface area contributed by atoms with Crippen molar-refractivity contribution in [2.24, 2.45) is 0 Å². The number of hydrogen-bond acceptors (Lipinski definition) is 4. The summed E-state index contributed by atoms with van der Waals surface area (Å²) in [4.78, 5) is 26.4. The van der Waals surface area contributed by atoms with Crippen LogP contribution < -0.4 is 0 Å². The van der Waals surface area contributed by atoms with Crippen LogP contribution >= 0.6 is 43.6 Å². The van der Waals surface area contributed by atoms with E-state index in [0.717, 1.165) is 22.9 Å². The first-order chi connectivity index (χ1) is 11.8. The van der Waals surface area contributed by atoms with E-state index in [-0.39, 0.29) is 23.4 Å². The molecule has 1 heterocycles. The summed E-state index contributed by atoms with van der Waals surface area (Å²) in [5, 5.41) is 9.48. The van der Waals surface area contributed by atoms with E-state index in [0.29, 0.717) is 19.4 Å². The number of benzene rings is 2. The molecule has 0 spiro atoms. The summed E-state index contributed by atoms with van der Waals surface area (Å²) in [6.07, 6.45) is 1.65. The summed E-state index contributed by atoms with van der Waals surface area (Å²) in [5.74, 6) is -0.222. The number of halogens is 2. The number of phenols is 1. The molecule has 2 aromatic carbocycles. The highest BCUT2D eigenvalue weighted by Crippen LogP contribution is 2.37. The second-order valence-electron chi connectivity index (χ2n) is 5.59. The fourth-order valence-electron chi connectivity index (χ4n) is 2.33. The van der Waals surface area contributed by atoms with Crippen molar-refractivity contribution in [3.8, 4) is 5.75 Å². The van der Waals surface area contributed by atoms with Gasteiger partial charge < -0.3 is 5.11 Å². The summed E-state index contributed by atoms with van der Waals surface area (Å²) < 4.78 is 1.01. The third-order valence-electron chi connectivity index (χ3n) is 3.67. The average Bonchev–Trinajstić information content (AvgIpc) is 2.82. The zero-order valence-corrected chi connectivity index (χ0v) is 17.1. The van der Waals surface area contributed by atoms with Crippen molar-refractivity contribution in [3.05, 3.63) is 66.9 Å². The smallest absolute Gasteiger partial charge is 0.293 e. The van der Waals surface area contributed by atoms with Crippen molar-refractivity contribution in [2.45, 2.75) is 13.5 Å². The number of rotatable bonds is 3. The van der Waals surface area contributed by atoms with Crippen LogP contribution in [0.2, 0.25) is 0 Å². The van der Waals surface area contributed by atoms with Gasteiger partial charge >= 0.3 is 0 Å². The molecular weight excluding hydrogens is 470 g/mol. The van der Waals surface area contributed by atoms with Crippen molar-refractivity contribution < 1.29 is 14.7 Å². The highest BCUT2D eigenvalue weighted by molar-refractivity contribution is 9.11. The molecule has 1 fully saturated rings. The minimum Gasteiger partial charge on any atom is -0.506 e. The van der Waals surface area contributed by atoms with Gasteiger partial charge in [-0.1, -0.05) is 29.8 Å². The predicted molar refractivity (Wildman–Crippen MR) is 106 cm³/mol. The lowest BCUT2D eigenvalue weighted by atomic mass is 10.1. The number of amides is 2. The van der Waals surface area contributed by atoms with Crippen molar-refractivity contribution >= 4 is 60.8 Å². The van der Waals surface area contributed by atoms with Gasteiger partial charge in [-0.3, -0.25) is 14.5 Å². The molecule has 0 unspecified atom stereocenters. The summed E-state index contributed by atoms with van der Waals surface area (Å²) in [6, 6.07) is 11.1. The molecule has 128 valence electrons. The Hall–Kier alpha value is -1.57. The molecule has 0 aromatic heterocycles. The monoisotopic (exact) mass is 481 g/mol. The Kier molecular flexibility index (Phi) is 5.36. The SMILES string of the molecule is Cc1ccc(CN2C(=O)SC(=Cc3cc(Br)c(O)c(Br)c3)C2=O)cc1. The van der Waals surface area contributed by atoms with Gasteiger partial charge in [0.1, 0.15) is 5.75 Å². The van der Waals surface area contributed by atoms with Crippen LogP contribution in [0.25, 0.3) is 6.08 Å². The van der Waals surface area contributed by atoms with Gasteiger partial charge in [-0.15, -0.1) is 0 Å². The van der Waals surface area contributed by atoms with Gasteiger partial charge in [0, 0.05) is 0 Å². The van der Waals surface area contributed by atoms with Crippen LogP contribution in [-0.2, 0) is 11.3 Å². The Morgan fingerprint density at radius 3 is 2.32 bits per heavy atom. The Bertz CT molecular complexity index is 871. The van der Waals surface area contributed by atoms with Crippen LogP contribution in [0.3, 0.4) is 0 Å². The fraction of sp³-hybridized carbons (Fsp3) is 0.111. The van der Waals surface area contributed by atoms with Crippen molar-refractivity contribution in [1.82, 2.24) is 4.90 Å². The van der Waals surface area contributed by atoms with Crippen LogP contribution in [0.4, 0.5) is 4.79 Å². The van der Waals surface area contributed by atoms with E-state index in [1.807, 2.05) is 31.2 Å². The average molecular weight is 483 g/mol. The molecule has 3 rings (SSSR count). The number of carbonyl (C=O) groups is 2. The number of aromatic hydroxyl groups is 1. The molecule has 1 aliphatic heterocycles. The van der Waals surface area contributed by atoms with Gasteiger partial charge in [-0.25, -0.2) is 0 Å². The van der Waals surface area contributed by atoms with Crippen molar-refractivity contribution in [2.75, 3.05) is 0 Å². The Labute approximate surface area is 166 Å². The number of imide groups is 1. The van der Waals surface area contributed by atoms with Crippen molar-refractivity contribution in [3.63, 3.8) is 0 Å². The predicted octanol–water partition coefficient (Wildman–Crippen LogP) is 5.46. The molecule has 1 saturated heterocycles. The lowest BCUT2D eigenvalue weighted by Crippen LogP contribution is -2.27. The molecule has 0 aliphatic carbocycles. The molecular formula is C18H13Br2NO3S. The lowest BCUT2D eigenvalue weighted by Gasteiger charge is -2.12. The van der Waals surface area contributed by atoms with Crippen LogP contribution in [0, 0.1) is 6.92 Å². The first kappa shape index (κ1) is 18.2. The van der Waals surface area contributed by atoms with E-state index in [2.05, 4.69) is 31.9 Å². The second kappa shape index (κ2) is 7.35. The van der Waals surface area contributed by atoms with Gasteiger partial charge in [0.25, 0.3) is 11.1 Å². The lowest BCUT2D eigenvalue weighted by molar-refractivity contribution is -0.123. The molecule has 0 atom stereocenters. The maximum Gasteiger partial charge on any atom is 0.293 e. The standard InChI is InChI=1S/C18H13Br2NO3S/c1-10-2-4-11(5-3-10)9-21-17(23)15(25-18(21)24)8-12-6-13(19)16(22)14(20)7-12/h2-8,22H,9H2,1H3. The summed E-state index contributed by atoms with van der Waals surface area (Å²) >= 11 is 7.43. The molecule has 0 radical (unpaired) electrons. The summed E-state index contributed by atoms with van der Waals surface area (Å²) in [6.45, 7) is 2.24. The quantitative estimate of drug-likeness (QED) is 0.590. The Balaban J connectivity index is 1.84. The zero-order chi connectivity index (χ0) is 18.1. The molecule has 1 aliphatic rings. The largest absolute Gasteiger partial charge is 0.506 e. The number of thioether (sulfide) groups is 1. The molecule has 0 saturated carbocycles. The second-order valence-corrected chi connectivity index (χ2v) is 8.29. The molecule has 0 bridgehead atoms. The molecule has 2 amide bonds. The number of phenolic OH excluding ortho intramolecular Hbond substituents is 1. The topological polar surface area (TPSA) is 57.6 Å². The van der Waals surface area contributed by atoms with E-state index in [1.165, 1.54) is 4.90 Å². The molecule has 25 heavy (non-hydrogen) atoms. The highest BCUT2D eigenvalue weighted by Gasteiger charge is 2.35. The zero-order valence-electron chi connectivity index (χ0n) is 13.1. The number of aryl methyl sites for hydroxylation is 1. The Morgan fingerprint density at radius 2 is 1.72 bits per heavy atom. The summed E-state index contributed by atoms with van der Waals surface area (Å²) in [5.41, 5.74) is 2.74. The fourth-order valence-corrected chi connectivity index (χ4v) is 4.39. The maximum absolute atomic E-state index is 12.6. The molecule has 1 N–H and O–H groups in total. The first-order valence-electron chi connectivity index (χ1n) is 7.34. The van der Waals surface area contributed by atoms with Gasteiger partial charge in [-0.2, -0.15) is 0 Å². The van der Waals surface area contributed by atoms with Crippen LogP contribution in [-0.4, -0.2) is 21.2 Å².